The number of carbonyl (C=O) groups is 2. The summed E-state index contributed by atoms with van der Waals surface area (Å²) in [7, 11) is 0. The topological polar surface area (TPSA) is 84.3 Å². The van der Waals surface area contributed by atoms with Gasteiger partial charge in [-0.1, -0.05) is 36.1 Å². The van der Waals surface area contributed by atoms with Crippen LogP contribution in [-0.4, -0.2) is 39.6 Å². The summed E-state index contributed by atoms with van der Waals surface area (Å²) in [4.78, 5) is 39.9. The van der Waals surface area contributed by atoms with Gasteiger partial charge in [0.25, 0.3) is 11.5 Å². The molecule has 1 N–H and O–H groups in total. The molecule has 8 heteroatoms. The van der Waals surface area contributed by atoms with Gasteiger partial charge in [0, 0.05) is 35.8 Å². The molecule has 0 radical (unpaired) electrons. The number of carbonyl (C=O) groups excluding carboxylic acids is 2. The van der Waals surface area contributed by atoms with E-state index in [2.05, 4.69) is 16.5 Å². The summed E-state index contributed by atoms with van der Waals surface area (Å²) >= 11 is 6.40. The molecular formula is C27H31ClN4O3. The van der Waals surface area contributed by atoms with E-state index < -0.39 is 0 Å². The van der Waals surface area contributed by atoms with Crippen LogP contribution in [0.5, 0.6) is 0 Å². The van der Waals surface area contributed by atoms with Gasteiger partial charge in [0.05, 0.1) is 17.8 Å². The number of rotatable bonds is 5. The Bertz CT molecular complexity index is 1230. The fourth-order valence-corrected chi connectivity index (χ4v) is 5.35. The van der Waals surface area contributed by atoms with Crippen molar-refractivity contribution in [3.63, 3.8) is 0 Å². The quantitative estimate of drug-likeness (QED) is 0.634. The number of halogens is 1. The van der Waals surface area contributed by atoms with Crippen molar-refractivity contribution >= 4 is 35.2 Å². The van der Waals surface area contributed by atoms with Crippen molar-refractivity contribution in [3.05, 3.63) is 62.0 Å². The lowest BCUT2D eigenvalue weighted by molar-refractivity contribution is -0.135. The zero-order valence-corrected chi connectivity index (χ0v) is 20.8. The van der Waals surface area contributed by atoms with Crippen molar-refractivity contribution in [2.75, 3.05) is 18.4 Å². The lowest BCUT2D eigenvalue weighted by Gasteiger charge is -2.30. The van der Waals surface area contributed by atoms with Gasteiger partial charge in [-0.05, 0) is 68.7 Å². The Morgan fingerprint density at radius 1 is 1.09 bits per heavy atom. The van der Waals surface area contributed by atoms with Crippen LogP contribution in [0.2, 0.25) is 5.02 Å². The predicted molar refractivity (Wildman–Crippen MR) is 137 cm³/mol. The Morgan fingerprint density at radius 3 is 2.46 bits per heavy atom. The van der Waals surface area contributed by atoms with Crippen molar-refractivity contribution in [1.82, 2.24) is 14.7 Å². The lowest BCUT2D eigenvalue weighted by atomic mass is 9.96. The van der Waals surface area contributed by atoms with E-state index in [0.29, 0.717) is 16.6 Å². The van der Waals surface area contributed by atoms with Crippen molar-refractivity contribution in [1.29, 1.82) is 0 Å². The molecule has 0 atom stereocenters. The highest BCUT2D eigenvalue weighted by Gasteiger charge is 2.29. The van der Waals surface area contributed by atoms with E-state index in [-0.39, 0.29) is 29.0 Å². The van der Waals surface area contributed by atoms with E-state index in [1.165, 1.54) is 35.4 Å². The molecule has 35 heavy (non-hydrogen) atoms. The summed E-state index contributed by atoms with van der Waals surface area (Å²) in [6.07, 6.45) is 11.6. The van der Waals surface area contributed by atoms with Crippen LogP contribution in [0.3, 0.4) is 0 Å². The summed E-state index contributed by atoms with van der Waals surface area (Å²) in [6, 6.07) is 5.12. The third-order valence-electron chi connectivity index (χ3n) is 7.42. The number of likely N-dealkylation sites (tertiary alicyclic amines) is 1. The average Bonchev–Trinajstić information content (AvgIpc) is 3.54. The fraction of sp³-hybridized carbons (Fsp3) is 0.481. The van der Waals surface area contributed by atoms with E-state index in [1.54, 1.807) is 6.07 Å². The molecule has 2 amide bonds. The normalized spacial score (nSPS) is 18.6. The molecule has 7 nitrogen and oxygen atoms in total. The van der Waals surface area contributed by atoms with E-state index in [9.17, 15) is 14.4 Å². The highest BCUT2D eigenvalue weighted by atomic mass is 35.5. The van der Waals surface area contributed by atoms with Crippen LogP contribution >= 0.6 is 11.6 Å². The monoisotopic (exact) mass is 494 g/mol. The first-order chi connectivity index (χ1) is 16.9. The van der Waals surface area contributed by atoms with Gasteiger partial charge in [0.2, 0.25) is 5.91 Å². The molecule has 1 saturated heterocycles. The number of piperidine rings is 1. The first kappa shape index (κ1) is 23.8. The second kappa shape index (κ2) is 9.97. The van der Waals surface area contributed by atoms with Gasteiger partial charge in [0.1, 0.15) is 0 Å². The smallest absolute Gasteiger partial charge is 0.267 e. The van der Waals surface area contributed by atoms with Crippen LogP contribution in [0, 0.1) is 12.8 Å². The predicted octanol–water partition coefficient (Wildman–Crippen LogP) is 4.99. The summed E-state index contributed by atoms with van der Waals surface area (Å²) in [6.45, 7) is 3.45. The summed E-state index contributed by atoms with van der Waals surface area (Å²) < 4.78 is 1.44. The third-order valence-corrected chi connectivity index (χ3v) is 7.64. The van der Waals surface area contributed by atoms with Gasteiger partial charge in [0.15, 0.2) is 0 Å². The second-order valence-corrected chi connectivity index (χ2v) is 10.4. The highest BCUT2D eigenvalue weighted by molar-refractivity contribution is 6.31. The first-order valence-corrected chi connectivity index (χ1v) is 13.0. The standard InChI is InChI=1S/C27H31ClN4O3/c1-17-20(12-18-8-10-31(11-9-18)27(35)19-4-2-3-5-19)13-22(28)15-24(17)30-26(34)21-14-25(33)32(29-16-21)23-6-7-23/h12-16,19,23H,2-11H2,1H3,(H,30,34). The Kier molecular flexibility index (Phi) is 6.78. The average molecular weight is 495 g/mol. The molecule has 2 aliphatic carbocycles. The zero-order chi connectivity index (χ0) is 24.5. The maximum atomic E-state index is 12.8. The molecule has 2 heterocycles. The van der Waals surface area contributed by atoms with Crippen LogP contribution in [0.25, 0.3) is 6.08 Å². The molecule has 2 saturated carbocycles. The Hall–Kier alpha value is -2.93. The van der Waals surface area contributed by atoms with Gasteiger partial charge < -0.3 is 10.2 Å². The third kappa shape index (κ3) is 5.35. The fourth-order valence-electron chi connectivity index (χ4n) is 5.12. The van der Waals surface area contributed by atoms with E-state index in [4.69, 9.17) is 11.6 Å². The minimum absolute atomic E-state index is 0.165. The van der Waals surface area contributed by atoms with Crippen LogP contribution in [0.1, 0.15) is 78.9 Å². The molecule has 0 bridgehead atoms. The first-order valence-electron chi connectivity index (χ1n) is 12.6. The van der Waals surface area contributed by atoms with Crippen molar-refractivity contribution < 1.29 is 9.59 Å². The highest BCUT2D eigenvalue weighted by Crippen LogP contribution is 2.33. The summed E-state index contributed by atoms with van der Waals surface area (Å²) in [5.41, 5.74) is 3.70. The molecule has 1 aromatic carbocycles. The Labute approximate surface area is 210 Å². The molecule has 1 aliphatic heterocycles. The summed E-state index contributed by atoms with van der Waals surface area (Å²) in [5.74, 6) is 0.156. The van der Waals surface area contributed by atoms with Gasteiger partial charge >= 0.3 is 0 Å². The molecular weight excluding hydrogens is 464 g/mol. The molecule has 0 unspecified atom stereocenters. The molecule has 5 rings (SSSR count). The Balaban J connectivity index is 1.28. The molecule has 184 valence electrons. The lowest BCUT2D eigenvalue weighted by Crippen LogP contribution is -2.39. The van der Waals surface area contributed by atoms with E-state index in [0.717, 1.165) is 62.7 Å². The Morgan fingerprint density at radius 2 is 1.80 bits per heavy atom. The second-order valence-electron chi connectivity index (χ2n) is 9.99. The van der Waals surface area contributed by atoms with E-state index in [1.807, 2.05) is 17.9 Å². The number of hydrogen-bond acceptors (Lipinski definition) is 4. The largest absolute Gasteiger partial charge is 0.342 e. The van der Waals surface area contributed by atoms with Crippen LogP contribution < -0.4 is 10.9 Å². The van der Waals surface area contributed by atoms with Crippen molar-refractivity contribution in [2.45, 2.75) is 64.3 Å². The summed E-state index contributed by atoms with van der Waals surface area (Å²) in [5, 5.41) is 7.58. The molecule has 0 spiro atoms. The van der Waals surface area contributed by atoms with Crippen molar-refractivity contribution in [3.8, 4) is 0 Å². The molecule has 1 aromatic heterocycles. The van der Waals surface area contributed by atoms with Gasteiger partial charge in [-0.25, -0.2) is 4.68 Å². The van der Waals surface area contributed by atoms with Crippen LogP contribution in [0.4, 0.5) is 5.69 Å². The maximum absolute atomic E-state index is 12.8. The molecule has 3 fully saturated rings. The molecule has 2 aromatic rings. The van der Waals surface area contributed by atoms with Gasteiger partial charge in [-0.2, -0.15) is 5.10 Å². The maximum Gasteiger partial charge on any atom is 0.267 e. The van der Waals surface area contributed by atoms with Crippen LogP contribution in [-0.2, 0) is 4.79 Å². The SMILES string of the molecule is Cc1c(C=C2CCN(C(=O)C3CCCC3)CC2)cc(Cl)cc1NC(=O)c1cnn(C2CC2)c(=O)c1. The number of hydrogen-bond donors (Lipinski definition) is 1. The number of nitrogens with zero attached hydrogens (tertiary/aromatic N) is 3. The number of anilines is 1. The van der Waals surface area contributed by atoms with Gasteiger partial charge in [-0.3, -0.25) is 14.4 Å². The van der Waals surface area contributed by atoms with Gasteiger partial charge in [-0.15, -0.1) is 0 Å². The van der Waals surface area contributed by atoms with E-state index >= 15 is 0 Å². The number of aromatic nitrogens is 2. The molecule has 3 aliphatic rings. The minimum Gasteiger partial charge on any atom is -0.342 e. The van der Waals surface area contributed by atoms with Crippen molar-refractivity contribution in [2.24, 2.45) is 5.92 Å². The zero-order valence-electron chi connectivity index (χ0n) is 20.1. The minimum atomic E-state index is -0.389. The van der Waals surface area contributed by atoms with Crippen LogP contribution in [0.15, 0.2) is 34.8 Å². The number of benzene rings is 1. The number of amides is 2. The number of nitrogens with one attached hydrogen (secondary N) is 1.